The van der Waals surface area contributed by atoms with E-state index in [0.29, 0.717) is 48.7 Å². The van der Waals surface area contributed by atoms with Gasteiger partial charge in [0.05, 0.1) is 13.1 Å². The first-order valence-electron chi connectivity index (χ1n) is 12.6. The molecule has 1 saturated heterocycles. The SMILES string of the molecule is Cn1nnc([C@@H](c2ccccc2)N2CCN(C(=O)c3cc(-c4nc5cc(OC(F)F)ccc5o4)ccn3)CC2)n1. The van der Waals surface area contributed by atoms with E-state index in [1.807, 2.05) is 30.3 Å². The standard InChI is InChI=1S/C27H24F2N8O3/c1-35-33-24(32-34-35)23(17-5-3-2-4-6-17)36-11-13-37(14-12-36)26(38)21-15-18(9-10-30-21)25-31-20-16-19(39-27(28)29)7-8-22(20)40-25/h2-10,15-16,23,27H,11-14H2,1H3/t23-/m1/s1. The fourth-order valence-corrected chi connectivity index (χ4v) is 4.80. The number of oxazole rings is 1. The van der Waals surface area contributed by atoms with Crippen molar-refractivity contribution in [1.82, 2.24) is 40.0 Å². The summed E-state index contributed by atoms with van der Waals surface area (Å²) in [7, 11) is 1.73. The largest absolute Gasteiger partial charge is 0.436 e. The third kappa shape index (κ3) is 5.23. The molecular formula is C27H24F2N8O3. The number of hydrogen-bond donors (Lipinski definition) is 0. The first kappa shape index (κ1) is 25.5. The van der Waals surface area contributed by atoms with Crippen molar-refractivity contribution in [2.75, 3.05) is 26.2 Å². The lowest BCUT2D eigenvalue weighted by molar-refractivity contribution is -0.0497. The Kier molecular flexibility index (Phi) is 6.86. The Balaban J connectivity index is 1.17. The second-order valence-corrected chi connectivity index (χ2v) is 9.24. The number of piperazine rings is 1. The van der Waals surface area contributed by atoms with Crippen molar-refractivity contribution in [1.29, 1.82) is 0 Å². The van der Waals surface area contributed by atoms with E-state index in [2.05, 4.69) is 35.0 Å². The molecule has 13 heteroatoms. The van der Waals surface area contributed by atoms with E-state index in [0.717, 1.165) is 5.56 Å². The number of aryl methyl sites for hydroxylation is 1. The molecule has 0 radical (unpaired) electrons. The molecule has 4 heterocycles. The van der Waals surface area contributed by atoms with Crippen molar-refractivity contribution in [3.05, 3.63) is 83.9 Å². The molecule has 0 bridgehead atoms. The molecule has 5 aromatic rings. The van der Waals surface area contributed by atoms with Crippen molar-refractivity contribution in [3.63, 3.8) is 0 Å². The van der Waals surface area contributed by atoms with Crippen LogP contribution in [-0.2, 0) is 7.05 Å². The average molecular weight is 547 g/mol. The highest BCUT2D eigenvalue weighted by Gasteiger charge is 2.31. The quantitative estimate of drug-likeness (QED) is 0.302. The van der Waals surface area contributed by atoms with E-state index in [4.69, 9.17) is 4.42 Å². The van der Waals surface area contributed by atoms with Gasteiger partial charge in [0.15, 0.2) is 11.4 Å². The van der Waals surface area contributed by atoms with Crippen LogP contribution in [0.3, 0.4) is 0 Å². The van der Waals surface area contributed by atoms with Crippen LogP contribution < -0.4 is 4.74 Å². The van der Waals surface area contributed by atoms with Gasteiger partial charge in [0.2, 0.25) is 5.89 Å². The van der Waals surface area contributed by atoms with Crippen molar-refractivity contribution in [2.24, 2.45) is 7.05 Å². The number of ether oxygens (including phenoxy) is 1. The number of hydrogen-bond acceptors (Lipinski definition) is 9. The third-order valence-electron chi connectivity index (χ3n) is 6.66. The van der Waals surface area contributed by atoms with Gasteiger partial charge in [-0.15, -0.1) is 10.2 Å². The number of rotatable bonds is 7. The van der Waals surface area contributed by atoms with Crippen molar-refractivity contribution in [3.8, 4) is 17.2 Å². The van der Waals surface area contributed by atoms with Crippen LogP contribution in [0.5, 0.6) is 5.75 Å². The van der Waals surface area contributed by atoms with Gasteiger partial charge in [0, 0.05) is 44.0 Å². The van der Waals surface area contributed by atoms with Gasteiger partial charge in [-0.3, -0.25) is 14.7 Å². The summed E-state index contributed by atoms with van der Waals surface area (Å²) in [5.41, 5.74) is 2.62. The molecule has 2 aromatic carbocycles. The predicted molar refractivity (Wildman–Crippen MR) is 138 cm³/mol. The lowest BCUT2D eigenvalue weighted by atomic mass is 10.0. The van der Waals surface area contributed by atoms with E-state index in [-0.39, 0.29) is 29.3 Å². The summed E-state index contributed by atoms with van der Waals surface area (Å²) in [6.45, 7) is -0.740. The van der Waals surface area contributed by atoms with E-state index in [1.54, 1.807) is 24.1 Å². The molecule has 0 unspecified atom stereocenters. The van der Waals surface area contributed by atoms with E-state index < -0.39 is 6.61 Å². The number of carbonyl (C=O) groups excluding carboxylic acids is 1. The Morgan fingerprint density at radius 2 is 1.82 bits per heavy atom. The lowest BCUT2D eigenvalue weighted by Gasteiger charge is -2.38. The molecule has 0 N–H and O–H groups in total. The van der Waals surface area contributed by atoms with Crippen LogP contribution in [0.2, 0.25) is 0 Å². The molecule has 1 fully saturated rings. The van der Waals surface area contributed by atoms with Crippen molar-refractivity contribution in [2.45, 2.75) is 12.7 Å². The second kappa shape index (κ2) is 10.8. The molecule has 0 aliphatic carbocycles. The van der Waals surface area contributed by atoms with Gasteiger partial charge in [-0.1, -0.05) is 30.3 Å². The number of carbonyl (C=O) groups is 1. The van der Waals surface area contributed by atoms with Crippen LogP contribution in [-0.4, -0.2) is 78.7 Å². The number of aromatic nitrogens is 6. The fourth-order valence-electron chi connectivity index (χ4n) is 4.80. The molecule has 6 rings (SSSR count). The Bertz CT molecular complexity index is 1630. The molecule has 1 amide bonds. The highest BCUT2D eigenvalue weighted by Crippen LogP contribution is 2.29. The molecule has 0 saturated carbocycles. The molecule has 11 nitrogen and oxygen atoms in total. The van der Waals surface area contributed by atoms with Gasteiger partial charge in [-0.25, -0.2) is 4.98 Å². The number of amides is 1. The lowest BCUT2D eigenvalue weighted by Crippen LogP contribution is -2.50. The van der Waals surface area contributed by atoms with E-state index in [9.17, 15) is 13.6 Å². The van der Waals surface area contributed by atoms with Crippen LogP contribution in [0.4, 0.5) is 8.78 Å². The van der Waals surface area contributed by atoms with Gasteiger partial charge in [0.1, 0.15) is 17.0 Å². The maximum Gasteiger partial charge on any atom is 0.387 e. The zero-order valence-corrected chi connectivity index (χ0v) is 21.4. The van der Waals surface area contributed by atoms with E-state index in [1.165, 1.54) is 29.2 Å². The normalized spacial score (nSPS) is 15.1. The number of nitrogens with zero attached hydrogens (tertiary/aromatic N) is 8. The number of pyridine rings is 1. The topological polar surface area (TPSA) is 115 Å². The van der Waals surface area contributed by atoms with Crippen LogP contribution in [0.15, 0.2) is 71.3 Å². The fraction of sp³-hybridized carbons (Fsp3) is 0.259. The molecule has 1 aliphatic rings. The summed E-state index contributed by atoms with van der Waals surface area (Å²) in [5.74, 6) is 0.623. The molecule has 3 aromatic heterocycles. The first-order chi connectivity index (χ1) is 19.4. The Hall–Kier alpha value is -4.78. The van der Waals surface area contributed by atoms with Crippen LogP contribution in [0.25, 0.3) is 22.6 Å². The monoisotopic (exact) mass is 546 g/mol. The van der Waals surface area contributed by atoms with Gasteiger partial charge in [-0.2, -0.15) is 13.6 Å². The number of alkyl halides is 2. The average Bonchev–Trinajstić information content (AvgIpc) is 3.59. The first-order valence-corrected chi connectivity index (χ1v) is 12.6. The maximum atomic E-state index is 13.4. The smallest absolute Gasteiger partial charge is 0.387 e. The van der Waals surface area contributed by atoms with E-state index >= 15 is 0 Å². The molecule has 1 aliphatic heterocycles. The zero-order chi connectivity index (χ0) is 27.6. The Morgan fingerprint density at radius 3 is 2.55 bits per heavy atom. The minimum Gasteiger partial charge on any atom is -0.436 e. The summed E-state index contributed by atoms with van der Waals surface area (Å²) in [4.78, 5) is 27.5. The van der Waals surface area contributed by atoms with Gasteiger partial charge >= 0.3 is 6.61 Å². The molecule has 204 valence electrons. The summed E-state index contributed by atoms with van der Waals surface area (Å²) in [6, 6.07) is 17.4. The number of fused-ring (bicyclic) bond motifs is 1. The van der Waals surface area contributed by atoms with Crippen molar-refractivity contribution < 1.29 is 22.7 Å². The molecule has 0 spiro atoms. The zero-order valence-electron chi connectivity index (χ0n) is 21.4. The van der Waals surface area contributed by atoms with Gasteiger partial charge in [0.25, 0.3) is 5.91 Å². The predicted octanol–water partition coefficient (Wildman–Crippen LogP) is 3.56. The summed E-state index contributed by atoms with van der Waals surface area (Å²) >= 11 is 0. The maximum absolute atomic E-state index is 13.4. The van der Waals surface area contributed by atoms with Crippen molar-refractivity contribution >= 4 is 17.0 Å². The summed E-state index contributed by atoms with van der Waals surface area (Å²) < 4.78 is 35.3. The minimum atomic E-state index is -2.94. The number of tetrazole rings is 1. The number of halogens is 2. The van der Waals surface area contributed by atoms with Gasteiger partial charge in [-0.05, 0) is 35.0 Å². The third-order valence-corrected chi connectivity index (χ3v) is 6.66. The number of benzene rings is 2. The summed E-state index contributed by atoms with van der Waals surface area (Å²) in [5, 5.41) is 12.7. The Morgan fingerprint density at radius 1 is 1.02 bits per heavy atom. The molecule has 1 atom stereocenters. The molecular weight excluding hydrogens is 522 g/mol. The minimum absolute atomic E-state index is 0.0170. The van der Waals surface area contributed by atoms with Crippen LogP contribution in [0, 0.1) is 0 Å². The highest BCUT2D eigenvalue weighted by atomic mass is 19.3. The van der Waals surface area contributed by atoms with Crippen LogP contribution in [0.1, 0.15) is 27.9 Å². The van der Waals surface area contributed by atoms with Crippen LogP contribution >= 0.6 is 0 Å². The summed E-state index contributed by atoms with van der Waals surface area (Å²) in [6.07, 6.45) is 1.52. The second-order valence-electron chi connectivity index (χ2n) is 9.24. The Labute approximate surface area is 227 Å². The highest BCUT2D eigenvalue weighted by molar-refractivity contribution is 5.93. The molecule has 40 heavy (non-hydrogen) atoms. The van der Waals surface area contributed by atoms with Gasteiger partial charge < -0.3 is 14.1 Å².